The number of piperidine rings is 1. The smallest absolute Gasteiger partial charge is 0.255 e. The second-order valence-corrected chi connectivity index (χ2v) is 8.21. The summed E-state index contributed by atoms with van der Waals surface area (Å²) in [6.45, 7) is 3.55. The summed E-state index contributed by atoms with van der Waals surface area (Å²) in [6, 6.07) is 15.0. The van der Waals surface area contributed by atoms with Gasteiger partial charge in [0.2, 0.25) is 5.91 Å². The van der Waals surface area contributed by atoms with E-state index in [-0.39, 0.29) is 17.9 Å². The summed E-state index contributed by atoms with van der Waals surface area (Å²) in [5.41, 5.74) is 2.37. The van der Waals surface area contributed by atoms with Crippen LogP contribution in [0.5, 0.6) is 5.75 Å². The van der Waals surface area contributed by atoms with Crippen molar-refractivity contribution in [2.24, 2.45) is 0 Å². The monoisotopic (exact) mass is 407 g/mol. The number of nitrogens with one attached hydrogen (secondary N) is 1. The summed E-state index contributed by atoms with van der Waals surface area (Å²) < 4.78 is 6.06. The van der Waals surface area contributed by atoms with Crippen LogP contribution >= 0.6 is 0 Å². The van der Waals surface area contributed by atoms with Crippen LogP contribution in [0, 0.1) is 0 Å². The van der Waals surface area contributed by atoms with Crippen molar-refractivity contribution in [2.45, 2.75) is 38.3 Å². The number of hydrogen-bond acceptors (Lipinski definition) is 4. The molecule has 158 valence electrons. The predicted octanol–water partition coefficient (Wildman–Crippen LogP) is 3.53. The molecule has 2 fully saturated rings. The first-order valence-corrected chi connectivity index (χ1v) is 10.7. The Morgan fingerprint density at radius 2 is 1.73 bits per heavy atom. The van der Waals surface area contributed by atoms with Gasteiger partial charge in [0, 0.05) is 43.9 Å². The van der Waals surface area contributed by atoms with Gasteiger partial charge in [-0.25, -0.2) is 0 Å². The highest BCUT2D eigenvalue weighted by atomic mass is 16.5. The van der Waals surface area contributed by atoms with Gasteiger partial charge in [0.1, 0.15) is 11.9 Å². The number of rotatable bonds is 6. The third-order valence-electron chi connectivity index (χ3n) is 5.84. The van der Waals surface area contributed by atoms with Crippen LogP contribution in [0.1, 0.15) is 41.6 Å². The van der Waals surface area contributed by atoms with E-state index in [2.05, 4.69) is 17.3 Å². The van der Waals surface area contributed by atoms with Crippen molar-refractivity contribution >= 4 is 17.5 Å². The van der Waals surface area contributed by atoms with Gasteiger partial charge in [-0.2, -0.15) is 0 Å². The van der Waals surface area contributed by atoms with Crippen molar-refractivity contribution in [3.05, 3.63) is 59.7 Å². The molecule has 0 aliphatic carbocycles. The highest BCUT2D eigenvalue weighted by Gasteiger charge is 2.20. The molecule has 30 heavy (non-hydrogen) atoms. The molecule has 2 saturated heterocycles. The van der Waals surface area contributed by atoms with Gasteiger partial charge in [-0.3, -0.25) is 9.59 Å². The summed E-state index contributed by atoms with van der Waals surface area (Å²) in [4.78, 5) is 28.5. The SMILES string of the molecule is CN1CCC(Oc2ccc(NC(=O)c3ccc(CN4CCCC4=O)cc3)cc2)CC1. The summed E-state index contributed by atoms with van der Waals surface area (Å²) in [5.74, 6) is 0.895. The third kappa shape index (κ3) is 5.19. The number of amides is 2. The average Bonchev–Trinajstić information content (AvgIpc) is 3.16. The molecule has 4 rings (SSSR count). The van der Waals surface area contributed by atoms with Crippen LogP contribution < -0.4 is 10.1 Å². The second-order valence-electron chi connectivity index (χ2n) is 8.21. The Morgan fingerprint density at radius 1 is 1.03 bits per heavy atom. The van der Waals surface area contributed by atoms with E-state index < -0.39 is 0 Å². The first-order chi connectivity index (χ1) is 14.6. The molecule has 0 radical (unpaired) electrons. The quantitative estimate of drug-likeness (QED) is 0.796. The van der Waals surface area contributed by atoms with E-state index in [1.807, 2.05) is 53.4 Å². The number of carbonyl (C=O) groups is 2. The van der Waals surface area contributed by atoms with Gasteiger partial charge in [0.15, 0.2) is 0 Å². The van der Waals surface area contributed by atoms with Crippen molar-refractivity contribution in [3.63, 3.8) is 0 Å². The van der Waals surface area contributed by atoms with Crippen LogP contribution in [0.4, 0.5) is 5.69 Å². The molecule has 0 saturated carbocycles. The van der Waals surface area contributed by atoms with E-state index in [1.165, 1.54) is 0 Å². The van der Waals surface area contributed by atoms with Crippen LogP contribution in [0.25, 0.3) is 0 Å². The Morgan fingerprint density at radius 3 is 2.37 bits per heavy atom. The predicted molar refractivity (Wildman–Crippen MR) is 117 cm³/mol. The van der Waals surface area contributed by atoms with Gasteiger partial charge in [0.05, 0.1) is 0 Å². The molecule has 2 aromatic carbocycles. The van der Waals surface area contributed by atoms with Crippen LogP contribution in [0.3, 0.4) is 0 Å². The summed E-state index contributed by atoms with van der Waals surface area (Å²) in [6.07, 6.45) is 3.91. The molecule has 6 nitrogen and oxygen atoms in total. The Labute approximate surface area is 177 Å². The standard InChI is InChI=1S/C24H29N3O3/c1-26-15-12-22(13-16-26)30-21-10-8-20(9-11-21)25-24(29)19-6-4-18(5-7-19)17-27-14-2-3-23(27)28/h4-11,22H,2-3,12-17H2,1H3,(H,25,29). The number of hydrogen-bond donors (Lipinski definition) is 1. The highest BCUT2D eigenvalue weighted by Crippen LogP contribution is 2.21. The van der Waals surface area contributed by atoms with Crippen LogP contribution in [0.15, 0.2) is 48.5 Å². The number of anilines is 1. The molecule has 2 aliphatic heterocycles. The normalized spacial score (nSPS) is 17.9. The lowest BCUT2D eigenvalue weighted by Crippen LogP contribution is -2.35. The molecule has 2 aliphatic rings. The lowest BCUT2D eigenvalue weighted by atomic mass is 10.1. The number of nitrogens with zero attached hydrogens (tertiary/aromatic N) is 2. The Bertz CT molecular complexity index is 872. The second kappa shape index (κ2) is 9.30. The van der Waals surface area contributed by atoms with Crippen molar-refractivity contribution in [1.82, 2.24) is 9.80 Å². The first-order valence-electron chi connectivity index (χ1n) is 10.7. The van der Waals surface area contributed by atoms with Gasteiger partial charge in [-0.05, 0) is 68.3 Å². The molecule has 0 atom stereocenters. The molecule has 0 spiro atoms. The zero-order valence-corrected chi connectivity index (χ0v) is 17.5. The minimum absolute atomic E-state index is 0.150. The van der Waals surface area contributed by atoms with Gasteiger partial charge in [0.25, 0.3) is 5.91 Å². The van der Waals surface area contributed by atoms with Gasteiger partial charge in [-0.15, -0.1) is 0 Å². The average molecular weight is 408 g/mol. The zero-order valence-electron chi connectivity index (χ0n) is 17.5. The summed E-state index contributed by atoms with van der Waals surface area (Å²) in [5, 5.41) is 2.93. The van der Waals surface area contributed by atoms with Crippen molar-refractivity contribution < 1.29 is 14.3 Å². The molecule has 2 amide bonds. The molecule has 0 unspecified atom stereocenters. The summed E-state index contributed by atoms with van der Waals surface area (Å²) in [7, 11) is 2.13. The molecular weight excluding hydrogens is 378 g/mol. The number of ether oxygens (including phenoxy) is 1. The number of carbonyl (C=O) groups excluding carboxylic acids is 2. The first kappa shape index (κ1) is 20.4. The minimum Gasteiger partial charge on any atom is -0.490 e. The number of likely N-dealkylation sites (tertiary alicyclic amines) is 2. The van der Waals surface area contributed by atoms with E-state index in [9.17, 15) is 9.59 Å². The highest BCUT2D eigenvalue weighted by molar-refractivity contribution is 6.04. The fourth-order valence-electron chi connectivity index (χ4n) is 3.97. The Balaban J connectivity index is 1.29. The molecular formula is C24H29N3O3. The van der Waals surface area contributed by atoms with Gasteiger partial charge in [-0.1, -0.05) is 12.1 Å². The molecule has 1 N–H and O–H groups in total. The van der Waals surface area contributed by atoms with E-state index in [4.69, 9.17) is 4.74 Å². The van der Waals surface area contributed by atoms with Crippen molar-refractivity contribution in [2.75, 3.05) is 32.0 Å². The molecule has 2 aromatic rings. The fourth-order valence-corrected chi connectivity index (χ4v) is 3.97. The zero-order chi connectivity index (χ0) is 20.9. The molecule has 0 bridgehead atoms. The van der Waals surface area contributed by atoms with Crippen LogP contribution in [-0.4, -0.2) is 54.4 Å². The third-order valence-corrected chi connectivity index (χ3v) is 5.84. The maximum absolute atomic E-state index is 12.5. The van der Waals surface area contributed by atoms with Gasteiger partial charge >= 0.3 is 0 Å². The van der Waals surface area contributed by atoms with Crippen LogP contribution in [-0.2, 0) is 11.3 Å². The summed E-state index contributed by atoms with van der Waals surface area (Å²) >= 11 is 0. The molecule has 6 heteroatoms. The Hall–Kier alpha value is -2.86. The lowest BCUT2D eigenvalue weighted by Gasteiger charge is -2.29. The van der Waals surface area contributed by atoms with Crippen LogP contribution in [0.2, 0.25) is 0 Å². The Kier molecular flexibility index (Phi) is 6.33. The minimum atomic E-state index is -0.150. The van der Waals surface area contributed by atoms with E-state index >= 15 is 0 Å². The van der Waals surface area contributed by atoms with E-state index in [0.717, 1.165) is 55.9 Å². The van der Waals surface area contributed by atoms with Gasteiger partial charge < -0.3 is 19.9 Å². The molecule has 0 aromatic heterocycles. The van der Waals surface area contributed by atoms with E-state index in [1.54, 1.807) is 0 Å². The largest absolute Gasteiger partial charge is 0.490 e. The molecule has 2 heterocycles. The van der Waals surface area contributed by atoms with E-state index in [0.29, 0.717) is 18.5 Å². The number of benzene rings is 2. The maximum atomic E-state index is 12.5. The fraction of sp³-hybridized carbons (Fsp3) is 0.417. The van der Waals surface area contributed by atoms with Crippen molar-refractivity contribution in [3.8, 4) is 5.75 Å². The topological polar surface area (TPSA) is 61.9 Å². The lowest BCUT2D eigenvalue weighted by molar-refractivity contribution is -0.128. The van der Waals surface area contributed by atoms with Crippen molar-refractivity contribution in [1.29, 1.82) is 0 Å². The maximum Gasteiger partial charge on any atom is 0.255 e.